The van der Waals surface area contributed by atoms with E-state index >= 15 is 0 Å². The van der Waals surface area contributed by atoms with Crippen LogP contribution in [0.5, 0.6) is 0 Å². The Morgan fingerprint density at radius 3 is 2.44 bits per heavy atom. The molecule has 92 valence electrons. The van der Waals surface area contributed by atoms with Crippen molar-refractivity contribution in [3.05, 3.63) is 16.1 Å². The molecule has 0 aliphatic carbocycles. The third kappa shape index (κ3) is 3.27. The molecule has 0 saturated carbocycles. The SMILES string of the molecule is Cc1ncsc1CNCC(C)(C)C(C)(C)N. The van der Waals surface area contributed by atoms with Gasteiger partial charge in [-0.1, -0.05) is 13.8 Å². The molecule has 0 atom stereocenters. The Balaban J connectivity index is 2.45. The summed E-state index contributed by atoms with van der Waals surface area (Å²) in [4.78, 5) is 5.55. The van der Waals surface area contributed by atoms with Crippen LogP contribution in [0.2, 0.25) is 0 Å². The fraction of sp³-hybridized carbons (Fsp3) is 0.750. The summed E-state index contributed by atoms with van der Waals surface area (Å²) >= 11 is 1.70. The van der Waals surface area contributed by atoms with Gasteiger partial charge in [0.15, 0.2) is 0 Å². The van der Waals surface area contributed by atoms with Crippen LogP contribution in [0.25, 0.3) is 0 Å². The lowest BCUT2D eigenvalue weighted by atomic mass is 9.75. The van der Waals surface area contributed by atoms with Crippen molar-refractivity contribution in [2.45, 2.75) is 46.7 Å². The molecule has 0 unspecified atom stereocenters. The number of nitrogens with one attached hydrogen (secondary N) is 1. The third-order valence-corrected chi connectivity index (χ3v) is 4.38. The molecule has 0 aliphatic rings. The van der Waals surface area contributed by atoms with Crippen molar-refractivity contribution < 1.29 is 0 Å². The molecule has 1 aromatic heterocycles. The Labute approximate surface area is 102 Å². The molecule has 1 aromatic rings. The van der Waals surface area contributed by atoms with Crippen LogP contribution in [-0.2, 0) is 6.54 Å². The van der Waals surface area contributed by atoms with E-state index < -0.39 is 0 Å². The average molecular weight is 241 g/mol. The molecular formula is C12H23N3S. The molecule has 1 rings (SSSR count). The summed E-state index contributed by atoms with van der Waals surface area (Å²) < 4.78 is 0. The third-order valence-electron chi connectivity index (χ3n) is 3.44. The van der Waals surface area contributed by atoms with Gasteiger partial charge in [0.05, 0.1) is 11.2 Å². The van der Waals surface area contributed by atoms with Crippen molar-refractivity contribution in [1.29, 1.82) is 0 Å². The molecule has 1 heterocycles. The zero-order chi connectivity index (χ0) is 12.4. The maximum Gasteiger partial charge on any atom is 0.0798 e. The van der Waals surface area contributed by atoms with Crippen molar-refractivity contribution >= 4 is 11.3 Å². The maximum atomic E-state index is 6.15. The van der Waals surface area contributed by atoms with Crippen LogP contribution in [0.4, 0.5) is 0 Å². The van der Waals surface area contributed by atoms with Crippen LogP contribution in [0.15, 0.2) is 5.51 Å². The van der Waals surface area contributed by atoms with Crippen LogP contribution in [0.1, 0.15) is 38.3 Å². The standard InChI is InChI=1S/C12H23N3S/c1-9-10(16-8-15-9)6-14-7-11(2,3)12(4,5)13/h8,14H,6-7,13H2,1-5H3. The lowest BCUT2D eigenvalue weighted by molar-refractivity contribution is 0.195. The molecule has 0 bridgehead atoms. The van der Waals surface area contributed by atoms with Crippen molar-refractivity contribution in [3.63, 3.8) is 0 Å². The van der Waals surface area contributed by atoms with E-state index in [0.717, 1.165) is 18.8 Å². The minimum absolute atomic E-state index is 0.0750. The summed E-state index contributed by atoms with van der Waals surface area (Å²) in [6.07, 6.45) is 0. The van der Waals surface area contributed by atoms with E-state index in [1.54, 1.807) is 11.3 Å². The van der Waals surface area contributed by atoms with Gasteiger partial charge < -0.3 is 11.1 Å². The van der Waals surface area contributed by atoms with Crippen molar-refractivity contribution in [1.82, 2.24) is 10.3 Å². The van der Waals surface area contributed by atoms with Gasteiger partial charge >= 0.3 is 0 Å². The highest BCUT2D eigenvalue weighted by molar-refractivity contribution is 7.09. The Kier molecular flexibility index (Phi) is 4.10. The van der Waals surface area contributed by atoms with Gasteiger partial charge in [0.2, 0.25) is 0 Å². The van der Waals surface area contributed by atoms with Crippen LogP contribution < -0.4 is 11.1 Å². The number of aryl methyl sites for hydroxylation is 1. The Hall–Kier alpha value is -0.450. The highest BCUT2D eigenvalue weighted by atomic mass is 32.1. The molecule has 0 amide bonds. The predicted molar refractivity (Wildman–Crippen MR) is 70.6 cm³/mol. The molecule has 3 nitrogen and oxygen atoms in total. The maximum absolute atomic E-state index is 6.15. The summed E-state index contributed by atoms with van der Waals surface area (Å²) in [5.41, 5.74) is 9.07. The van der Waals surface area contributed by atoms with E-state index in [2.05, 4.69) is 38.0 Å². The van der Waals surface area contributed by atoms with Crippen molar-refractivity contribution in [2.24, 2.45) is 11.1 Å². The highest BCUT2D eigenvalue weighted by Crippen LogP contribution is 2.27. The van der Waals surface area contributed by atoms with E-state index in [1.807, 2.05) is 12.4 Å². The number of nitrogens with two attached hydrogens (primary N) is 1. The van der Waals surface area contributed by atoms with Gasteiger partial charge in [0.25, 0.3) is 0 Å². The number of rotatable bonds is 5. The lowest BCUT2D eigenvalue weighted by Crippen LogP contribution is -2.52. The smallest absolute Gasteiger partial charge is 0.0798 e. The summed E-state index contributed by atoms with van der Waals surface area (Å²) in [5, 5.41) is 3.47. The zero-order valence-corrected chi connectivity index (χ0v) is 11.7. The van der Waals surface area contributed by atoms with Gasteiger partial charge in [0, 0.05) is 23.5 Å². The second-order valence-electron chi connectivity index (χ2n) is 5.57. The van der Waals surface area contributed by atoms with E-state index in [1.165, 1.54) is 4.88 Å². The first-order valence-electron chi connectivity index (χ1n) is 5.62. The quantitative estimate of drug-likeness (QED) is 0.831. The monoisotopic (exact) mass is 241 g/mol. The minimum atomic E-state index is -0.178. The Morgan fingerprint density at radius 1 is 1.38 bits per heavy atom. The molecular weight excluding hydrogens is 218 g/mol. The predicted octanol–water partition coefficient (Wildman–Crippen LogP) is 2.30. The van der Waals surface area contributed by atoms with Gasteiger partial charge in [-0.3, -0.25) is 0 Å². The molecule has 0 radical (unpaired) electrons. The topological polar surface area (TPSA) is 50.9 Å². The van der Waals surface area contributed by atoms with Gasteiger partial charge in [-0.25, -0.2) is 4.98 Å². The number of nitrogens with zero attached hydrogens (tertiary/aromatic N) is 1. The second-order valence-corrected chi connectivity index (χ2v) is 6.51. The highest BCUT2D eigenvalue weighted by Gasteiger charge is 2.32. The summed E-state index contributed by atoms with van der Waals surface area (Å²) in [7, 11) is 0. The van der Waals surface area contributed by atoms with Gasteiger partial charge in [-0.2, -0.15) is 0 Å². The molecule has 0 fully saturated rings. The molecule has 3 N–H and O–H groups in total. The van der Waals surface area contributed by atoms with Crippen LogP contribution >= 0.6 is 11.3 Å². The van der Waals surface area contributed by atoms with Crippen LogP contribution in [0.3, 0.4) is 0 Å². The molecule has 0 saturated heterocycles. The number of hydrogen-bond acceptors (Lipinski definition) is 4. The normalized spacial score (nSPS) is 13.1. The first-order valence-corrected chi connectivity index (χ1v) is 6.50. The first kappa shape index (κ1) is 13.6. The van der Waals surface area contributed by atoms with Crippen molar-refractivity contribution in [2.75, 3.05) is 6.54 Å². The molecule has 0 spiro atoms. The van der Waals surface area contributed by atoms with Gasteiger partial charge in [-0.05, 0) is 26.2 Å². The minimum Gasteiger partial charge on any atom is -0.325 e. The van der Waals surface area contributed by atoms with Crippen molar-refractivity contribution in [3.8, 4) is 0 Å². The molecule has 0 aromatic carbocycles. The number of hydrogen-bond donors (Lipinski definition) is 2. The van der Waals surface area contributed by atoms with E-state index in [4.69, 9.17) is 5.73 Å². The lowest BCUT2D eigenvalue weighted by Gasteiger charge is -2.38. The summed E-state index contributed by atoms with van der Waals surface area (Å²) in [5.74, 6) is 0. The molecule has 0 aliphatic heterocycles. The van der Waals surface area contributed by atoms with E-state index in [9.17, 15) is 0 Å². The zero-order valence-electron chi connectivity index (χ0n) is 10.9. The molecule has 16 heavy (non-hydrogen) atoms. The fourth-order valence-corrected chi connectivity index (χ4v) is 1.96. The summed E-state index contributed by atoms with van der Waals surface area (Å²) in [6, 6.07) is 0. The molecule has 4 heteroatoms. The Morgan fingerprint density at radius 2 is 2.00 bits per heavy atom. The van der Waals surface area contributed by atoms with E-state index in [0.29, 0.717) is 0 Å². The fourth-order valence-electron chi connectivity index (χ4n) is 1.21. The second kappa shape index (κ2) is 4.82. The van der Waals surface area contributed by atoms with Crippen LogP contribution in [-0.4, -0.2) is 17.1 Å². The average Bonchev–Trinajstić information content (AvgIpc) is 2.49. The first-order chi connectivity index (χ1) is 7.24. The van der Waals surface area contributed by atoms with Gasteiger partial charge in [0.1, 0.15) is 0 Å². The van der Waals surface area contributed by atoms with Crippen LogP contribution in [0, 0.1) is 12.3 Å². The van der Waals surface area contributed by atoms with E-state index in [-0.39, 0.29) is 11.0 Å². The number of thiazole rings is 1. The number of aromatic nitrogens is 1. The largest absolute Gasteiger partial charge is 0.325 e. The van der Waals surface area contributed by atoms with Gasteiger partial charge in [-0.15, -0.1) is 11.3 Å². The summed E-state index contributed by atoms with van der Waals surface area (Å²) in [6.45, 7) is 12.4. The Bertz CT molecular complexity index is 336.